The third kappa shape index (κ3) is 2.09. The fraction of sp³-hybridized carbons (Fsp3) is 0.167. The zero-order valence-electron chi connectivity index (χ0n) is 9.95. The summed E-state index contributed by atoms with van der Waals surface area (Å²) in [6.07, 6.45) is 2.44. The molecule has 1 aliphatic rings. The average Bonchev–Trinajstić information content (AvgIpc) is 2.43. The Hall–Kier alpha value is -2.29. The highest BCUT2D eigenvalue weighted by atomic mass is 19.2. The fourth-order valence-corrected chi connectivity index (χ4v) is 1.96. The first kappa shape index (κ1) is 15.1. The summed E-state index contributed by atoms with van der Waals surface area (Å²) in [4.78, 5) is 14.3. The number of rotatable bonds is 2. The molecule has 0 radical (unpaired) electrons. The van der Waals surface area contributed by atoms with Crippen LogP contribution >= 0.6 is 0 Å². The maximum Gasteiger partial charge on any atom is 0.332 e. The van der Waals surface area contributed by atoms with E-state index in [1.807, 2.05) is 0 Å². The molecule has 2 unspecified atom stereocenters. The second-order valence-electron chi connectivity index (χ2n) is 4.17. The highest BCUT2D eigenvalue weighted by Crippen LogP contribution is 2.37. The smallest absolute Gasteiger partial charge is 0.332 e. The molecule has 2 rings (SSSR count). The largest absolute Gasteiger partial charge is 0.480 e. The van der Waals surface area contributed by atoms with Gasteiger partial charge < -0.3 is 10.2 Å². The number of nitrogens with zero attached hydrogens (tertiary/aromatic N) is 1. The second-order valence-corrected chi connectivity index (χ2v) is 4.17. The first-order valence-corrected chi connectivity index (χ1v) is 5.40. The van der Waals surface area contributed by atoms with E-state index in [0.717, 1.165) is 12.3 Å². The molecule has 0 saturated carbocycles. The van der Waals surface area contributed by atoms with Gasteiger partial charge >= 0.3 is 5.97 Å². The van der Waals surface area contributed by atoms with E-state index in [2.05, 4.69) is 4.99 Å². The number of benzene rings is 1. The normalized spacial score (nSPS) is 24.4. The van der Waals surface area contributed by atoms with Gasteiger partial charge in [0.05, 0.1) is 5.56 Å². The first-order chi connectivity index (χ1) is 9.71. The molecule has 1 heterocycles. The van der Waals surface area contributed by atoms with Gasteiger partial charge in [-0.1, -0.05) is 0 Å². The van der Waals surface area contributed by atoms with E-state index in [-0.39, 0.29) is 0 Å². The van der Waals surface area contributed by atoms with Crippen molar-refractivity contribution in [1.82, 2.24) is 0 Å². The lowest BCUT2D eigenvalue weighted by molar-refractivity contribution is -0.143. The van der Waals surface area contributed by atoms with Crippen molar-refractivity contribution in [2.75, 3.05) is 0 Å². The minimum Gasteiger partial charge on any atom is -0.480 e. The number of hydrogen-bond donors (Lipinski definition) is 2. The Morgan fingerprint density at radius 3 is 2.00 bits per heavy atom. The Morgan fingerprint density at radius 2 is 1.52 bits per heavy atom. The summed E-state index contributed by atoms with van der Waals surface area (Å²) < 4.78 is 66.7. The minimum atomic E-state index is -3.01. The molecule has 0 bridgehead atoms. The molecule has 9 heteroatoms. The van der Waals surface area contributed by atoms with Crippen molar-refractivity contribution in [3.63, 3.8) is 0 Å². The van der Waals surface area contributed by atoms with Crippen LogP contribution < -0.4 is 0 Å². The molecule has 0 aromatic heterocycles. The van der Waals surface area contributed by atoms with Gasteiger partial charge in [-0.25, -0.2) is 26.7 Å². The topological polar surface area (TPSA) is 69.9 Å². The van der Waals surface area contributed by atoms with Crippen LogP contribution in [0.1, 0.15) is 5.56 Å². The Labute approximate surface area is 113 Å². The molecule has 0 aliphatic carbocycles. The van der Waals surface area contributed by atoms with Crippen LogP contribution in [0.25, 0.3) is 0 Å². The number of dihydropyridines is 1. The summed E-state index contributed by atoms with van der Waals surface area (Å²) in [5.41, 5.74) is -4.68. The Kier molecular flexibility index (Phi) is 3.54. The van der Waals surface area contributed by atoms with Gasteiger partial charge in [-0.2, -0.15) is 0 Å². The van der Waals surface area contributed by atoms with Crippen LogP contribution in [0.15, 0.2) is 17.1 Å². The van der Waals surface area contributed by atoms with Crippen molar-refractivity contribution < 1.29 is 37.0 Å². The van der Waals surface area contributed by atoms with Crippen molar-refractivity contribution in [1.29, 1.82) is 0 Å². The van der Waals surface area contributed by atoms with Gasteiger partial charge in [0.15, 0.2) is 29.3 Å². The predicted octanol–water partition coefficient (Wildman–Crippen LogP) is 1.66. The molecule has 0 saturated heterocycles. The van der Waals surface area contributed by atoms with Crippen LogP contribution in [-0.2, 0) is 10.4 Å². The number of aliphatic imine (C=N–C) groups is 1. The van der Waals surface area contributed by atoms with Crippen LogP contribution in [0.5, 0.6) is 0 Å². The van der Waals surface area contributed by atoms with Gasteiger partial charge in [0, 0.05) is 6.21 Å². The summed E-state index contributed by atoms with van der Waals surface area (Å²) in [5, 5.41) is 19.1. The van der Waals surface area contributed by atoms with Crippen molar-refractivity contribution in [3.05, 3.63) is 46.8 Å². The monoisotopic (exact) mass is 307 g/mol. The lowest BCUT2D eigenvalue weighted by Gasteiger charge is -2.31. The molecule has 0 spiro atoms. The summed E-state index contributed by atoms with van der Waals surface area (Å²) in [5.74, 6) is -13.4. The van der Waals surface area contributed by atoms with Gasteiger partial charge in [-0.05, 0) is 12.2 Å². The number of carbonyl (C=O) groups is 1. The van der Waals surface area contributed by atoms with Gasteiger partial charge in [0.25, 0.3) is 0 Å². The van der Waals surface area contributed by atoms with E-state index >= 15 is 0 Å². The first-order valence-electron chi connectivity index (χ1n) is 5.40. The van der Waals surface area contributed by atoms with E-state index in [9.17, 15) is 31.9 Å². The van der Waals surface area contributed by atoms with E-state index in [1.165, 1.54) is 0 Å². The molecule has 2 N–H and O–H groups in total. The number of carboxylic acids is 1. The minimum absolute atomic E-state index is 0.594. The third-order valence-electron chi connectivity index (χ3n) is 2.93. The van der Waals surface area contributed by atoms with Crippen molar-refractivity contribution in [2.45, 2.75) is 11.6 Å². The lowest BCUT2D eigenvalue weighted by Crippen LogP contribution is -2.45. The summed E-state index contributed by atoms with van der Waals surface area (Å²) in [6.45, 7) is 0. The Balaban J connectivity index is 2.79. The maximum absolute atomic E-state index is 13.7. The molecule has 1 aromatic carbocycles. The number of aliphatic carboxylic acids is 1. The quantitative estimate of drug-likeness (QED) is 0.496. The Bertz CT molecular complexity index is 659. The van der Waals surface area contributed by atoms with E-state index in [4.69, 9.17) is 5.11 Å². The van der Waals surface area contributed by atoms with Crippen LogP contribution in [0, 0.1) is 29.1 Å². The highest BCUT2D eigenvalue weighted by Gasteiger charge is 2.48. The number of allylic oxidation sites excluding steroid dienone is 1. The zero-order valence-corrected chi connectivity index (χ0v) is 9.95. The molecule has 112 valence electrons. The molecule has 0 fully saturated rings. The van der Waals surface area contributed by atoms with Crippen molar-refractivity contribution in [3.8, 4) is 0 Å². The van der Waals surface area contributed by atoms with E-state index in [1.54, 1.807) is 0 Å². The SMILES string of the molecule is O=C(O)C1N=CC=CC1(O)c1c(F)c(F)c(F)c(F)c1F. The van der Waals surface area contributed by atoms with Crippen molar-refractivity contribution in [2.24, 2.45) is 4.99 Å². The predicted molar refractivity (Wildman–Crippen MR) is 59.2 cm³/mol. The highest BCUT2D eigenvalue weighted by molar-refractivity contribution is 5.83. The van der Waals surface area contributed by atoms with Gasteiger partial charge in [-0.3, -0.25) is 4.99 Å². The molecule has 1 aromatic rings. The molecule has 2 atom stereocenters. The summed E-state index contributed by atoms with van der Waals surface area (Å²) >= 11 is 0. The molecule has 0 amide bonds. The van der Waals surface area contributed by atoms with Crippen LogP contribution in [0.3, 0.4) is 0 Å². The number of carboxylic acid groups (broad SMARTS) is 1. The van der Waals surface area contributed by atoms with Crippen molar-refractivity contribution >= 4 is 12.2 Å². The van der Waals surface area contributed by atoms with Crippen LogP contribution in [0.2, 0.25) is 0 Å². The fourth-order valence-electron chi connectivity index (χ4n) is 1.96. The second kappa shape index (κ2) is 4.92. The van der Waals surface area contributed by atoms with E-state index < -0.39 is 52.3 Å². The average molecular weight is 307 g/mol. The summed E-state index contributed by atoms with van der Waals surface area (Å²) in [7, 11) is 0. The molecule has 1 aliphatic heterocycles. The van der Waals surface area contributed by atoms with Gasteiger partial charge in [0.2, 0.25) is 5.82 Å². The summed E-state index contributed by atoms with van der Waals surface area (Å²) in [6, 6.07) is -2.16. The Morgan fingerprint density at radius 1 is 1.05 bits per heavy atom. The number of halogens is 5. The molecule has 4 nitrogen and oxygen atoms in total. The maximum atomic E-state index is 13.7. The molecular weight excluding hydrogens is 301 g/mol. The van der Waals surface area contributed by atoms with Gasteiger partial charge in [0.1, 0.15) is 5.60 Å². The van der Waals surface area contributed by atoms with Crippen LogP contribution in [0.4, 0.5) is 22.0 Å². The van der Waals surface area contributed by atoms with E-state index in [0.29, 0.717) is 6.08 Å². The standard InChI is InChI=1S/C12H6F5NO3/c13-5-4(6(14)8(16)9(17)7(5)15)12(21)2-1-3-18-10(12)11(19)20/h1-3,10,21H,(H,19,20). The van der Waals surface area contributed by atoms with Gasteiger partial charge in [-0.15, -0.1) is 0 Å². The molecular formula is C12H6F5NO3. The third-order valence-corrected chi connectivity index (χ3v) is 2.93. The van der Waals surface area contributed by atoms with Crippen LogP contribution in [-0.4, -0.2) is 28.4 Å². The lowest BCUT2D eigenvalue weighted by atomic mass is 9.84. The number of aliphatic hydroxyl groups is 1. The number of hydrogen-bond acceptors (Lipinski definition) is 3. The zero-order chi connectivity index (χ0) is 15.9. The molecule has 21 heavy (non-hydrogen) atoms.